The highest BCUT2D eigenvalue weighted by Gasteiger charge is 2.42. The number of nitrogens with two attached hydrogens (primary N) is 1. The third-order valence-corrected chi connectivity index (χ3v) is 15.1. The molecule has 10 N–H and O–H groups in total. The van der Waals surface area contributed by atoms with Crippen molar-refractivity contribution in [2.75, 3.05) is 36.2 Å². The first-order valence-electron chi connectivity index (χ1n) is 28.9. The number of rotatable bonds is 26. The van der Waals surface area contributed by atoms with Gasteiger partial charge in [0.1, 0.15) is 24.7 Å². The fraction of sp³-hybridized carbons (Fsp3) is 0.431. The minimum Gasteiger partial charge on any atom is -0.478 e. The summed E-state index contributed by atoms with van der Waals surface area (Å²) in [7, 11) is 3.24. The van der Waals surface area contributed by atoms with Gasteiger partial charge in [0.15, 0.2) is 0 Å². The average Bonchev–Trinajstić information content (AvgIpc) is 3.59. The smallest absolute Gasteiger partial charge is 0.411 e. The van der Waals surface area contributed by atoms with Gasteiger partial charge in [-0.05, 0) is 102 Å². The Morgan fingerprint density at radius 1 is 0.733 bits per heavy atom. The molecule has 9 amide bonds. The molecule has 0 saturated heterocycles. The number of nitrogens with one attached hydrogen (secondary N) is 7. The molecule has 462 valence electrons. The molecule has 5 rings (SSSR count). The van der Waals surface area contributed by atoms with Gasteiger partial charge < -0.3 is 57.3 Å². The maximum atomic E-state index is 14.2. The molecule has 1 heterocycles. The van der Waals surface area contributed by atoms with Crippen LogP contribution in [-0.4, -0.2) is 114 Å². The molecule has 0 aliphatic carbocycles. The Hall–Kier alpha value is -8.85. The Morgan fingerprint density at radius 2 is 1.38 bits per heavy atom. The number of aliphatic carboxylic acids is 1. The van der Waals surface area contributed by atoms with Crippen LogP contribution in [0.1, 0.15) is 123 Å². The molecule has 21 heteroatoms. The van der Waals surface area contributed by atoms with Crippen molar-refractivity contribution in [3.63, 3.8) is 0 Å². The predicted molar refractivity (Wildman–Crippen MR) is 333 cm³/mol. The summed E-state index contributed by atoms with van der Waals surface area (Å²) >= 11 is 0. The molecule has 86 heavy (non-hydrogen) atoms. The van der Waals surface area contributed by atoms with E-state index in [9.17, 15) is 48.3 Å². The fourth-order valence-electron chi connectivity index (χ4n) is 10.1. The molecule has 0 aromatic heterocycles. The van der Waals surface area contributed by atoms with Gasteiger partial charge in [0, 0.05) is 48.8 Å². The molecule has 21 nitrogen and oxygen atoms in total. The number of amides is 9. The predicted octanol–water partition coefficient (Wildman–Crippen LogP) is 7.86. The lowest BCUT2D eigenvalue weighted by Gasteiger charge is -2.40. The molecule has 1 aliphatic rings. The van der Waals surface area contributed by atoms with Crippen LogP contribution in [0.4, 0.5) is 26.7 Å². The third-order valence-electron chi connectivity index (χ3n) is 15.1. The van der Waals surface area contributed by atoms with Gasteiger partial charge >= 0.3 is 18.1 Å². The summed E-state index contributed by atoms with van der Waals surface area (Å²) < 4.78 is 5.56. The largest absolute Gasteiger partial charge is 0.478 e. The topological polar surface area (TPSA) is 300 Å². The summed E-state index contributed by atoms with van der Waals surface area (Å²) in [6, 6.07) is 23.4. The second-order valence-corrected chi connectivity index (χ2v) is 23.9. The summed E-state index contributed by atoms with van der Waals surface area (Å²) in [6.07, 6.45) is 4.77. The molecular weight excluding hydrogens is 1100 g/mol. The van der Waals surface area contributed by atoms with E-state index in [4.69, 9.17) is 10.5 Å². The Kier molecular flexibility index (Phi) is 24.3. The first-order valence-corrected chi connectivity index (χ1v) is 28.9. The van der Waals surface area contributed by atoms with E-state index in [1.165, 1.54) is 11.8 Å². The van der Waals surface area contributed by atoms with Crippen LogP contribution in [0.5, 0.6) is 0 Å². The van der Waals surface area contributed by atoms with Crippen LogP contribution in [0.25, 0.3) is 12.2 Å². The molecule has 0 saturated carbocycles. The van der Waals surface area contributed by atoms with Crippen molar-refractivity contribution in [2.45, 2.75) is 144 Å². The molecule has 4 aromatic rings. The van der Waals surface area contributed by atoms with E-state index < -0.39 is 88.7 Å². The molecule has 0 radical (unpaired) electrons. The van der Waals surface area contributed by atoms with E-state index in [0.29, 0.717) is 34.7 Å². The van der Waals surface area contributed by atoms with Crippen LogP contribution < -0.4 is 47.9 Å². The monoisotopic (exact) mass is 1180 g/mol. The maximum Gasteiger partial charge on any atom is 0.411 e. The van der Waals surface area contributed by atoms with Gasteiger partial charge in [-0.15, -0.1) is 0 Å². The Balaban J connectivity index is 1.18. The van der Waals surface area contributed by atoms with E-state index in [1.807, 2.05) is 115 Å². The Bertz CT molecular complexity index is 3150. The zero-order chi connectivity index (χ0) is 63.6. The number of likely N-dealkylation sites (N-methyl/N-ethyl adjacent to an activating group) is 2. The standard InChI is InChI=1S/C65H86N10O11/c1-39(2)51(35-41(5)61(82)83)74(12)60(81)56(64(6,7)8)73-59(80)55(67-11)65(9,10)46-22-17-23-48(36-46)70-63(85)86-38-42-26-30-47(31-27-42)69-57(78)49(24-18-34-68-62(66)84)71-58(79)54(40(3)4)72-52(76)32-33-53(77)75-37-45-21-14-13-19-43(45)28-29-44-20-15-16-25-50(44)75/h13-17,19-23,25-31,35-36,39-40,49,51,54-56,67H,18,24,32-34,37-38H2,1-12H3,(H,69,78)(H,70,85)(H,71,79)(H,72,76)(H,73,80)(H,82,83)(H3,66,68,84)/b29-28-,41-35+/t49-,51+,54-,55-,56+/m0/s1. The highest BCUT2D eigenvalue weighted by Crippen LogP contribution is 2.32. The van der Waals surface area contributed by atoms with E-state index in [2.05, 4.69) is 37.2 Å². The lowest BCUT2D eigenvalue weighted by Crippen LogP contribution is -2.61. The number of fused-ring (bicyclic) bond motifs is 2. The maximum absolute atomic E-state index is 14.2. The number of carbonyl (C=O) groups is 9. The van der Waals surface area contributed by atoms with Gasteiger partial charge in [0.2, 0.25) is 35.4 Å². The molecular formula is C65H86N10O11. The minimum absolute atomic E-state index is 0.0860. The van der Waals surface area contributed by atoms with Crippen LogP contribution in [0.2, 0.25) is 0 Å². The van der Waals surface area contributed by atoms with Gasteiger partial charge in [-0.25, -0.2) is 14.4 Å². The number of anilines is 3. The zero-order valence-corrected chi connectivity index (χ0v) is 51.5. The van der Waals surface area contributed by atoms with Crippen LogP contribution >= 0.6 is 0 Å². The quantitative estimate of drug-likeness (QED) is 0.0214. The van der Waals surface area contributed by atoms with E-state index >= 15 is 0 Å². The molecule has 0 fully saturated rings. The van der Waals surface area contributed by atoms with Gasteiger partial charge in [-0.2, -0.15) is 0 Å². The number of hydrogen-bond donors (Lipinski definition) is 9. The van der Waals surface area contributed by atoms with Crippen LogP contribution in [0, 0.1) is 17.3 Å². The van der Waals surface area contributed by atoms with Crippen molar-refractivity contribution < 1.29 is 53.0 Å². The van der Waals surface area contributed by atoms with Gasteiger partial charge in [0.25, 0.3) is 0 Å². The van der Waals surface area contributed by atoms with Crippen molar-refractivity contribution in [3.05, 3.63) is 137 Å². The number of hydrogen-bond acceptors (Lipinski definition) is 11. The van der Waals surface area contributed by atoms with Crippen molar-refractivity contribution in [2.24, 2.45) is 23.0 Å². The molecule has 0 bridgehead atoms. The van der Waals surface area contributed by atoms with Crippen LogP contribution in [-0.2, 0) is 56.9 Å². The third kappa shape index (κ3) is 19.1. The van der Waals surface area contributed by atoms with Crippen molar-refractivity contribution >= 4 is 82.8 Å². The van der Waals surface area contributed by atoms with Gasteiger partial charge in [-0.3, -0.25) is 34.1 Å². The number of urea groups is 1. The summed E-state index contributed by atoms with van der Waals surface area (Å²) in [4.78, 5) is 123. The Labute approximate surface area is 504 Å². The van der Waals surface area contributed by atoms with Crippen LogP contribution in [0.3, 0.4) is 0 Å². The number of para-hydroxylation sites is 1. The number of carboxylic acids is 1. The summed E-state index contributed by atoms with van der Waals surface area (Å²) in [6.45, 7) is 18.3. The number of ether oxygens (including phenoxy) is 1. The van der Waals surface area contributed by atoms with Crippen molar-refractivity contribution in [3.8, 4) is 0 Å². The van der Waals surface area contributed by atoms with E-state index in [-0.39, 0.29) is 62.1 Å². The fourth-order valence-corrected chi connectivity index (χ4v) is 10.1. The highest BCUT2D eigenvalue weighted by molar-refractivity contribution is 6.00. The first kappa shape index (κ1) is 67.9. The van der Waals surface area contributed by atoms with Gasteiger partial charge in [-0.1, -0.05) is 147 Å². The SMILES string of the molecule is CN[C@@H](C(=O)N[C@H](C(=O)N(C)[C@H](/C=C(\C)C(=O)O)C(C)C)C(C)(C)C)C(C)(C)c1cccc(NC(=O)OCc2ccc(NC(=O)[C@H](CCCNC(N)=O)NC(=O)[C@@H](NC(=O)CCC(=O)N3Cc4ccccc4/C=C\c4ccccc43)C(C)C)cc2)c1. The highest BCUT2D eigenvalue weighted by atomic mass is 16.5. The molecule has 1 aliphatic heterocycles. The molecule has 0 spiro atoms. The van der Waals surface area contributed by atoms with Crippen molar-refractivity contribution in [1.29, 1.82) is 0 Å². The molecule has 5 atom stereocenters. The zero-order valence-electron chi connectivity index (χ0n) is 51.5. The average molecular weight is 1180 g/mol. The second-order valence-electron chi connectivity index (χ2n) is 23.9. The summed E-state index contributed by atoms with van der Waals surface area (Å²) in [5.74, 6) is -4.45. The lowest BCUT2D eigenvalue weighted by atomic mass is 9.76. The van der Waals surface area contributed by atoms with E-state index in [1.54, 1.807) is 81.4 Å². The summed E-state index contributed by atoms with van der Waals surface area (Å²) in [5, 5.41) is 29.2. The minimum atomic E-state index is -1.12. The number of nitrogens with zero attached hydrogens (tertiary/aromatic N) is 2. The number of primary amides is 1. The number of carbonyl (C=O) groups excluding carboxylic acids is 8. The van der Waals surface area contributed by atoms with Crippen molar-refractivity contribution in [1.82, 2.24) is 31.5 Å². The summed E-state index contributed by atoms with van der Waals surface area (Å²) in [5.41, 5.74) is 9.23. The first-order chi connectivity index (χ1) is 40.5. The number of carboxylic acid groups (broad SMARTS) is 1. The van der Waals surface area contributed by atoms with Gasteiger partial charge in [0.05, 0.1) is 24.3 Å². The van der Waals surface area contributed by atoms with Crippen LogP contribution in [0.15, 0.2) is 109 Å². The lowest BCUT2D eigenvalue weighted by molar-refractivity contribution is -0.141. The molecule has 0 unspecified atom stereocenters. The second kappa shape index (κ2) is 30.8. The molecule has 4 aromatic carbocycles. The normalized spacial score (nSPS) is 14.5. The number of benzene rings is 4. The Morgan fingerprint density at radius 3 is 2.01 bits per heavy atom. The van der Waals surface area contributed by atoms with E-state index in [0.717, 1.165) is 16.7 Å².